The number of rotatable bonds is 5. The molecule has 7 nitrogen and oxygen atoms in total. The molecule has 2 aromatic heterocycles. The van der Waals surface area contributed by atoms with E-state index in [1.807, 2.05) is 37.5 Å². The lowest BCUT2D eigenvalue weighted by molar-refractivity contribution is 0.0466. The van der Waals surface area contributed by atoms with E-state index in [1.54, 1.807) is 6.07 Å². The fourth-order valence-corrected chi connectivity index (χ4v) is 3.20. The maximum Gasteiger partial charge on any atom is 0.359 e. The maximum atomic E-state index is 12.7. The summed E-state index contributed by atoms with van der Waals surface area (Å²) in [5.74, 6) is -1.05. The number of carbonyl (C=O) groups excluding carboxylic acids is 2. The summed E-state index contributed by atoms with van der Waals surface area (Å²) in [5, 5.41) is 3.83. The number of ketones is 1. The van der Waals surface area contributed by atoms with Crippen molar-refractivity contribution in [3.8, 4) is 5.69 Å². The first-order chi connectivity index (χ1) is 13.7. The fourth-order valence-electron chi connectivity index (χ4n) is 3.20. The summed E-state index contributed by atoms with van der Waals surface area (Å²) < 4.78 is 8.16. The van der Waals surface area contributed by atoms with Crippen LogP contribution in [0.4, 0.5) is 0 Å². The Morgan fingerprint density at radius 1 is 1.00 bits per heavy atom. The average Bonchev–Trinajstić information content (AvgIpc) is 2.98. The van der Waals surface area contributed by atoms with E-state index < -0.39 is 12.6 Å². The number of carbonyl (C=O) groups is 2. The van der Waals surface area contributed by atoms with Crippen molar-refractivity contribution in [2.75, 3.05) is 6.61 Å². The lowest BCUT2D eigenvalue weighted by Crippen LogP contribution is -2.23. The lowest BCUT2D eigenvalue weighted by Gasteiger charge is -2.12. The molecule has 0 radical (unpaired) electrons. The van der Waals surface area contributed by atoms with Gasteiger partial charge in [0.15, 0.2) is 12.3 Å². The zero-order valence-electron chi connectivity index (χ0n) is 17.1. The molecule has 0 aliphatic carbocycles. The summed E-state index contributed by atoms with van der Waals surface area (Å²) in [6.45, 7) is 7.49. The lowest BCUT2D eigenvalue weighted by atomic mass is 10.1. The van der Waals surface area contributed by atoms with E-state index in [0.717, 1.165) is 21.8 Å². The van der Waals surface area contributed by atoms with E-state index >= 15 is 0 Å². The van der Waals surface area contributed by atoms with Crippen molar-refractivity contribution in [2.45, 2.75) is 27.7 Å². The van der Waals surface area contributed by atoms with Crippen LogP contribution in [0.1, 0.15) is 43.4 Å². The van der Waals surface area contributed by atoms with Crippen LogP contribution in [-0.2, 0) is 11.8 Å². The van der Waals surface area contributed by atoms with Crippen LogP contribution in [0.5, 0.6) is 0 Å². The van der Waals surface area contributed by atoms with Crippen molar-refractivity contribution in [3.63, 3.8) is 0 Å². The van der Waals surface area contributed by atoms with Crippen molar-refractivity contribution in [3.05, 3.63) is 80.5 Å². The number of ether oxygens (including phenoxy) is 1. The van der Waals surface area contributed by atoms with Gasteiger partial charge in [-0.2, -0.15) is 5.10 Å². The summed E-state index contributed by atoms with van der Waals surface area (Å²) in [6, 6.07) is 10.4. The van der Waals surface area contributed by atoms with Crippen LogP contribution in [0.2, 0.25) is 0 Å². The first kappa shape index (κ1) is 20.3. The molecule has 0 aliphatic heterocycles. The van der Waals surface area contributed by atoms with Gasteiger partial charge in [0.2, 0.25) is 5.78 Å². The van der Waals surface area contributed by atoms with Gasteiger partial charge in [-0.1, -0.05) is 6.07 Å². The number of esters is 1. The molecule has 150 valence electrons. The Morgan fingerprint density at radius 3 is 2.38 bits per heavy atom. The predicted octanol–water partition coefficient (Wildman–Crippen LogP) is 2.84. The Labute approximate surface area is 168 Å². The number of aromatic nitrogens is 3. The molecule has 0 bridgehead atoms. The molecule has 29 heavy (non-hydrogen) atoms. The molecule has 0 unspecified atom stereocenters. The number of Topliss-reactive ketones (excluding diaryl/α,β-unsaturated/α-hetero) is 1. The zero-order valence-corrected chi connectivity index (χ0v) is 17.1. The van der Waals surface area contributed by atoms with Gasteiger partial charge in [0, 0.05) is 35.8 Å². The highest BCUT2D eigenvalue weighted by Crippen LogP contribution is 2.23. The third-order valence-electron chi connectivity index (χ3n) is 4.98. The minimum absolute atomic E-state index is 0.0273. The van der Waals surface area contributed by atoms with E-state index in [1.165, 1.54) is 30.3 Å². The molecule has 0 fully saturated rings. The Kier molecular flexibility index (Phi) is 5.50. The first-order valence-corrected chi connectivity index (χ1v) is 9.20. The van der Waals surface area contributed by atoms with Gasteiger partial charge in [-0.3, -0.25) is 9.59 Å². The standard InChI is InChI=1S/C22H23N3O4/c1-13-6-7-17(10-14(13)2)25-15(3)11-18(16(25)4)20(26)12-29-22(28)19-8-9-21(27)24(5)23-19/h6-11H,12H2,1-5H3. The molecule has 2 heterocycles. The van der Waals surface area contributed by atoms with E-state index in [2.05, 4.69) is 18.1 Å². The molecule has 0 aliphatic rings. The van der Waals surface area contributed by atoms with Crippen LogP contribution in [0, 0.1) is 27.7 Å². The molecule has 7 heteroatoms. The van der Waals surface area contributed by atoms with Crippen LogP contribution in [-0.4, -0.2) is 32.7 Å². The second kappa shape index (κ2) is 7.87. The van der Waals surface area contributed by atoms with Gasteiger partial charge in [-0.15, -0.1) is 0 Å². The number of hydrogen-bond acceptors (Lipinski definition) is 5. The van der Waals surface area contributed by atoms with Gasteiger partial charge >= 0.3 is 5.97 Å². The summed E-state index contributed by atoms with van der Waals surface area (Å²) in [7, 11) is 1.44. The molecule has 0 spiro atoms. The quantitative estimate of drug-likeness (QED) is 0.492. The van der Waals surface area contributed by atoms with Gasteiger partial charge in [-0.05, 0) is 63.1 Å². The Balaban J connectivity index is 1.79. The molecule has 0 saturated heterocycles. The van der Waals surface area contributed by atoms with Gasteiger partial charge in [0.1, 0.15) is 0 Å². The molecule has 1 aromatic carbocycles. The monoisotopic (exact) mass is 393 g/mol. The number of aryl methyl sites for hydroxylation is 4. The highest BCUT2D eigenvalue weighted by molar-refractivity contribution is 6.00. The fraction of sp³-hybridized carbons (Fsp3) is 0.273. The van der Waals surface area contributed by atoms with E-state index in [0.29, 0.717) is 5.56 Å². The molecule has 3 aromatic rings. The van der Waals surface area contributed by atoms with Crippen LogP contribution < -0.4 is 5.56 Å². The highest BCUT2D eigenvalue weighted by Gasteiger charge is 2.19. The first-order valence-electron chi connectivity index (χ1n) is 9.20. The minimum atomic E-state index is -0.753. The van der Waals surface area contributed by atoms with Crippen molar-refractivity contribution in [1.82, 2.24) is 14.3 Å². The Hall–Kier alpha value is -3.48. The average molecular weight is 393 g/mol. The highest BCUT2D eigenvalue weighted by atomic mass is 16.5. The van der Waals surface area contributed by atoms with Gasteiger partial charge in [0.05, 0.1) is 0 Å². The van der Waals surface area contributed by atoms with Crippen LogP contribution in [0.15, 0.2) is 41.2 Å². The number of nitrogens with zero attached hydrogens (tertiary/aromatic N) is 3. The van der Waals surface area contributed by atoms with Crippen molar-refractivity contribution in [1.29, 1.82) is 0 Å². The molecular formula is C22H23N3O4. The van der Waals surface area contributed by atoms with E-state index in [9.17, 15) is 14.4 Å². The third kappa shape index (κ3) is 4.03. The largest absolute Gasteiger partial charge is 0.453 e. The van der Waals surface area contributed by atoms with Crippen LogP contribution >= 0.6 is 0 Å². The maximum absolute atomic E-state index is 12.7. The van der Waals surface area contributed by atoms with E-state index in [4.69, 9.17) is 4.74 Å². The SMILES string of the molecule is Cc1ccc(-n2c(C)cc(C(=O)COC(=O)c3ccc(=O)n(C)n3)c2C)cc1C. The Morgan fingerprint density at radius 2 is 1.72 bits per heavy atom. The molecule has 0 atom stereocenters. The zero-order chi connectivity index (χ0) is 21.3. The van der Waals surface area contributed by atoms with Crippen molar-refractivity contribution in [2.24, 2.45) is 7.05 Å². The number of benzene rings is 1. The molecule has 0 saturated carbocycles. The summed E-state index contributed by atoms with van der Waals surface area (Å²) in [5.41, 5.74) is 5.19. The van der Waals surface area contributed by atoms with Crippen LogP contribution in [0.25, 0.3) is 5.69 Å². The van der Waals surface area contributed by atoms with Crippen LogP contribution in [0.3, 0.4) is 0 Å². The normalized spacial score (nSPS) is 10.8. The van der Waals surface area contributed by atoms with E-state index in [-0.39, 0.29) is 17.0 Å². The van der Waals surface area contributed by atoms with Crippen molar-refractivity contribution >= 4 is 11.8 Å². The molecule has 3 rings (SSSR count). The molecular weight excluding hydrogens is 370 g/mol. The summed E-state index contributed by atoms with van der Waals surface area (Å²) in [4.78, 5) is 36.2. The van der Waals surface area contributed by atoms with Crippen molar-refractivity contribution < 1.29 is 14.3 Å². The minimum Gasteiger partial charge on any atom is -0.453 e. The second-order valence-corrected chi connectivity index (χ2v) is 7.07. The number of hydrogen-bond donors (Lipinski definition) is 0. The van der Waals surface area contributed by atoms with Gasteiger partial charge < -0.3 is 9.30 Å². The summed E-state index contributed by atoms with van der Waals surface area (Å²) >= 11 is 0. The second-order valence-electron chi connectivity index (χ2n) is 7.07. The Bertz CT molecular complexity index is 1170. The third-order valence-corrected chi connectivity index (χ3v) is 4.98. The molecule has 0 N–H and O–H groups in total. The topological polar surface area (TPSA) is 83.2 Å². The van der Waals surface area contributed by atoms with Gasteiger partial charge in [0.25, 0.3) is 5.56 Å². The predicted molar refractivity (Wildman–Crippen MR) is 109 cm³/mol. The molecule has 0 amide bonds. The smallest absolute Gasteiger partial charge is 0.359 e. The summed E-state index contributed by atoms with van der Waals surface area (Å²) in [6.07, 6.45) is 0. The van der Waals surface area contributed by atoms with Gasteiger partial charge in [-0.25, -0.2) is 9.48 Å².